The van der Waals surface area contributed by atoms with Crippen LogP contribution in [-0.2, 0) is 9.59 Å². The number of amides is 1. The van der Waals surface area contributed by atoms with Gasteiger partial charge in [0.1, 0.15) is 5.75 Å². The fourth-order valence-electron chi connectivity index (χ4n) is 2.55. The molecular weight excluding hydrogens is 332 g/mol. The SMILES string of the molecule is CCCN(CC(=O)O)C(C)C(=O)Nc1ccccc1Oc1ccccc1. The second-order valence-electron chi connectivity index (χ2n) is 5.94. The Hall–Kier alpha value is -2.86. The first-order valence-corrected chi connectivity index (χ1v) is 8.60. The Morgan fingerprint density at radius 3 is 2.42 bits per heavy atom. The van der Waals surface area contributed by atoms with E-state index in [0.717, 1.165) is 6.42 Å². The number of aliphatic carboxylic acids is 1. The van der Waals surface area contributed by atoms with E-state index in [0.29, 0.717) is 23.7 Å². The Morgan fingerprint density at radius 1 is 1.12 bits per heavy atom. The minimum atomic E-state index is -0.953. The van der Waals surface area contributed by atoms with Gasteiger partial charge in [-0.05, 0) is 44.2 Å². The standard InChI is InChI=1S/C20H24N2O4/c1-3-13-22(14-19(23)24)15(2)20(25)21-17-11-7-8-12-18(17)26-16-9-5-4-6-10-16/h4-12,15H,3,13-14H2,1-2H3,(H,21,25)(H,23,24). The molecule has 1 unspecified atom stereocenters. The first kappa shape index (κ1) is 19.5. The summed E-state index contributed by atoms with van der Waals surface area (Å²) in [5, 5.41) is 11.9. The van der Waals surface area contributed by atoms with Crippen molar-refractivity contribution in [1.82, 2.24) is 4.90 Å². The van der Waals surface area contributed by atoms with E-state index < -0.39 is 12.0 Å². The second-order valence-corrected chi connectivity index (χ2v) is 5.94. The van der Waals surface area contributed by atoms with Crippen LogP contribution in [0.1, 0.15) is 20.3 Å². The molecule has 6 heteroatoms. The van der Waals surface area contributed by atoms with Crippen LogP contribution in [0.2, 0.25) is 0 Å². The first-order chi connectivity index (χ1) is 12.5. The van der Waals surface area contributed by atoms with Gasteiger partial charge in [0.25, 0.3) is 0 Å². The molecule has 2 N–H and O–H groups in total. The van der Waals surface area contributed by atoms with Crippen LogP contribution in [0.5, 0.6) is 11.5 Å². The molecule has 2 aromatic carbocycles. The zero-order chi connectivity index (χ0) is 18.9. The molecule has 0 bridgehead atoms. The van der Waals surface area contributed by atoms with Gasteiger partial charge in [-0.15, -0.1) is 0 Å². The minimum absolute atomic E-state index is 0.176. The van der Waals surface area contributed by atoms with Crippen LogP contribution < -0.4 is 10.1 Å². The number of carboxylic acids is 1. The summed E-state index contributed by atoms with van der Waals surface area (Å²) in [4.78, 5) is 25.3. The van der Waals surface area contributed by atoms with Gasteiger partial charge in [-0.2, -0.15) is 0 Å². The molecule has 26 heavy (non-hydrogen) atoms. The molecule has 0 saturated heterocycles. The lowest BCUT2D eigenvalue weighted by Crippen LogP contribution is -2.44. The topological polar surface area (TPSA) is 78.9 Å². The van der Waals surface area contributed by atoms with Gasteiger partial charge in [-0.3, -0.25) is 14.5 Å². The van der Waals surface area contributed by atoms with Gasteiger partial charge < -0.3 is 15.2 Å². The lowest BCUT2D eigenvalue weighted by atomic mass is 10.2. The number of benzene rings is 2. The second kappa shape index (κ2) is 9.58. The zero-order valence-corrected chi connectivity index (χ0v) is 15.0. The molecule has 0 aromatic heterocycles. The van der Waals surface area contributed by atoms with E-state index in [9.17, 15) is 9.59 Å². The molecule has 0 radical (unpaired) electrons. The van der Waals surface area contributed by atoms with Gasteiger partial charge in [0, 0.05) is 0 Å². The number of rotatable bonds is 9. The molecule has 0 saturated carbocycles. The number of para-hydroxylation sites is 3. The van der Waals surface area contributed by atoms with Crippen molar-refractivity contribution in [3.63, 3.8) is 0 Å². The highest BCUT2D eigenvalue weighted by Gasteiger charge is 2.23. The van der Waals surface area contributed by atoms with Gasteiger partial charge in [0.05, 0.1) is 18.3 Å². The summed E-state index contributed by atoms with van der Waals surface area (Å²) >= 11 is 0. The van der Waals surface area contributed by atoms with E-state index in [1.165, 1.54) is 0 Å². The van der Waals surface area contributed by atoms with Gasteiger partial charge in [-0.25, -0.2) is 0 Å². The Morgan fingerprint density at radius 2 is 1.77 bits per heavy atom. The summed E-state index contributed by atoms with van der Waals surface area (Å²) in [6.45, 7) is 4.00. The van der Waals surface area contributed by atoms with Gasteiger partial charge in [0.15, 0.2) is 5.75 Å². The van der Waals surface area contributed by atoms with Crippen LogP contribution in [0.15, 0.2) is 54.6 Å². The maximum Gasteiger partial charge on any atom is 0.317 e. The number of hydrogen-bond donors (Lipinski definition) is 2. The highest BCUT2D eigenvalue weighted by Crippen LogP contribution is 2.29. The molecule has 0 aliphatic rings. The normalized spacial score (nSPS) is 11.8. The van der Waals surface area contributed by atoms with Crippen LogP contribution in [0.25, 0.3) is 0 Å². The number of nitrogens with one attached hydrogen (secondary N) is 1. The Bertz CT molecular complexity index is 734. The molecule has 2 rings (SSSR count). The summed E-state index contributed by atoms with van der Waals surface area (Å²) in [6, 6.07) is 15.9. The fourth-order valence-corrected chi connectivity index (χ4v) is 2.55. The van der Waals surface area contributed by atoms with Crippen molar-refractivity contribution in [3.05, 3.63) is 54.6 Å². The molecule has 0 aliphatic carbocycles. The highest BCUT2D eigenvalue weighted by molar-refractivity contribution is 5.96. The number of ether oxygens (including phenoxy) is 1. The molecule has 0 spiro atoms. The first-order valence-electron chi connectivity index (χ1n) is 8.60. The van der Waals surface area contributed by atoms with Crippen molar-refractivity contribution in [2.75, 3.05) is 18.4 Å². The molecule has 1 atom stereocenters. The van der Waals surface area contributed by atoms with Crippen molar-refractivity contribution < 1.29 is 19.4 Å². The van der Waals surface area contributed by atoms with Crippen molar-refractivity contribution in [2.24, 2.45) is 0 Å². The number of carbonyl (C=O) groups is 2. The van der Waals surface area contributed by atoms with Crippen LogP contribution in [-0.4, -0.2) is 41.0 Å². The monoisotopic (exact) mass is 356 g/mol. The van der Waals surface area contributed by atoms with Crippen molar-refractivity contribution >= 4 is 17.6 Å². The highest BCUT2D eigenvalue weighted by atomic mass is 16.5. The fraction of sp³-hybridized carbons (Fsp3) is 0.300. The van der Waals surface area contributed by atoms with Crippen molar-refractivity contribution in [3.8, 4) is 11.5 Å². The number of nitrogens with zero attached hydrogens (tertiary/aromatic N) is 1. The third-order valence-corrected chi connectivity index (χ3v) is 3.89. The third kappa shape index (κ3) is 5.60. The molecule has 138 valence electrons. The average molecular weight is 356 g/mol. The van der Waals surface area contributed by atoms with Crippen molar-refractivity contribution in [1.29, 1.82) is 0 Å². The predicted molar refractivity (Wildman–Crippen MR) is 101 cm³/mol. The quantitative estimate of drug-likeness (QED) is 0.718. The molecule has 1 amide bonds. The maximum atomic E-state index is 12.6. The van der Waals surface area contributed by atoms with Gasteiger partial charge >= 0.3 is 5.97 Å². The van der Waals surface area contributed by atoms with Gasteiger partial charge in [-0.1, -0.05) is 37.3 Å². The number of carboxylic acid groups (broad SMARTS) is 1. The van der Waals surface area contributed by atoms with E-state index in [4.69, 9.17) is 9.84 Å². The van der Waals surface area contributed by atoms with Crippen LogP contribution in [0.4, 0.5) is 5.69 Å². The molecular formula is C20H24N2O4. The van der Waals surface area contributed by atoms with E-state index in [-0.39, 0.29) is 12.5 Å². The third-order valence-electron chi connectivity index (χ3n) is 3.89. The number of anilines is 1. The Kier molecular flexibility index (Phi) is 7.17. The maximum absolute atomic E-state index is 12.6. The van der Waals surface area contributed by atoms with E-state index in [2.05, 4.69) is 5.32 Å². The van der Waals surface area contributed by atoms with Crippen LogP contribution in [0.3, 0.4) is 0 Å². The molecule has 0 fully saturated rings. The average Bonchev–Trinajstić information content (AvgIpc) is 2.63. The number of hydrogen-bond acceptors (Lipinski definition) is 4. The molecule has 6 nitrogen and oxygen atoms in total. The zero-order valence-electron chi connectivity index (χ0n) is 15.0. The van der Waals surface area contributed by atoms with E-state index in [1.807, 2.05) is 43.3 Å². The van der Waals surface area contributed by atoms with Crippen molar-refractivity contribution in [2.45, 2.75) is 26.3 Å². The summed E-state index contributed by atoms with van der Waals surface area (Å²) in [5.41, 5.74) is 0.542. The lowest BCUT2D eigenvalue weighted by molar-refractivity contribution is -0.139. The Labute approximate surface area is 153 Å². The van der Waals surface area contributed by atoms with Crippen LogP contribution >= 0.6 is 0 Å². The van der Waals surface area contributed by atoms with Crippen LogP contribution in [0, 0.1) is 0 Å². The summed E-state index contributed by atoms with van der Waals surface area (Å²) in [6.07, 6.45) is 0.763. The Balaban J connectivity index is 2.11. The predicted octanol–water partition coefficient (Wildman–Crippen LogP) is 3.60. The number of carbonyl (C=O) groups excluding carboxylic acids is 1. The largest absolute Gasteiger partial charge is 0.480 e. The van der Waals surface area contributed by atoms with E-state index in [1.54, 1.807) is 30.0 Å². The summed E-state index contributed by atoms with van der Waals surface area (Å²) in [7, 11) is 0. The molecule has 2 aromatic rings. The summed E-state index contributed by atoms with van der Waals surface area (Å²) in [5.74, 6) is -0.0324. The van der Waals surface area contributed by atoms with Gasteiger partial charge in [0.2, 0.25) is 5.91 Å². The lowest BCUT2D eigenvalue weighted by Gasteiger charge is -2.26. The summed E-state index contributed by atoms with van der Waals surface area (Å²) < 4.78 is 5.84. The molecule has 0 aliphatic heterocycles. The minimum Gasteiger partial charge on any atom is -0.480 e. The molecule has 0 heterocycles. The smallest absolute Gasteiger partial charge is 0.317 e. The van der Waals surface area contributed by atoms with E-state index >= 15 is 0 Å².